The zero-order chi connectivity index (χ0) is 19.8. The first-order chi connectivity index (χ1) is 14.2. The van der Waals surface area contributed by atoms with Crippen LogP contribution in [0.5, 0.6) is 0 Å². The van der Waals surface area contributed by atoms with Crippen molar-refractivity contribution in [1.29, 1.82) is 0 Å². The van der Waals surface area contributed by atoms with E-state index in [1.165, 1.54) is 30.4 Å². The molecule has 2 aromatic rings. The third-order valence-electron chi connectivity index (χ3n) is 6.98. The molecule has 1 aromatic heterocycles. The highest BCUT2D eigenvalue weighted by Crippen LogP contribution is 2.38. The lowest BCUT2D eigenvalue weighted by atomic mass is 9.89. The molecule has 1 saturated carbocycles. The molecule has 2 aliphatic heterocycles. The molecule has 1 aromatic carbocycles. The van der Waals surface area contributed by atoms with Crippen LogP contribution in [0.4, 0.5) is 0 Å². The molecule has 6 nitrogen and oxygen atoms in total. The second-order valence-electron chi connectivity index (χ2n) is 9.18. The molecule has 6 heteroatoms. The van der Waals surface area contributed by atoms with Crippen molar-refractivity contribution in [3.05, 3.63) is 47.0 Å². The standard InChI is InChI=1S/C23H31N5O/c1-16-6-5-7-17(12-16)13-27-14-18-10-11-28-21(20(18)15-27)25-26-22(28)23(29)24-19-8-3-2-4-9-19/h5-7,12,18-20H,2-4,8-11,13-15H2,1H3,(H,24,29). The number of hydrogen-bond acceptors (Lipinski definition) is 4. The largest absolute Gasteiger partial charge is 0.347 e. The van der Waals surface area contributed by atoms with Crippen molar-refractivity contribution in [2.45, 2.75) is 70.5 Å². The molecule has 1 N–H and O–H groups in total. The van der Waals surface area contributed by atoms with E-state index in [0.29, 0.717) is 23.7 Å². The Morgan fingerprint density at radius 2 is 2.00 bits per heavy atom. The Kier molecular flexibility index (Phi) is 5.12. The topological polar surface area (TPSA) is 63.1 Å². The van der Waals surface area contributed by atoms with E-state index in [9.17, 15) is 4.79 Å². The second kappa shape index (κ2) is 7.90. The van der Waals surface area contributed by atoms with Crippen molar-refractivity contribution in [3.8, 4) is 0 Å². The molecule has 1 amide bonds. The number of hydrogen-bond donors (Lipinski definition) is 1. The van der Waals surface area contributed by atoms with Crippen LogP contribution in [0.3, 0.4) is 0 Å². The second-order valence-corrected chi connectivity index (χ2v) is 9.18. The minimum atomic E-state index is -0.0382. The predicted molar refractivity (Wildman–Crippen MR) is 112 cm³/mol. The summed E-state index contributed by atoms with van der Waals surface area (Å²) in [5.74, 6) is 2.50. The molecule has 0 spiro atoms. The van der Waals surface area contributed by atoms with Gasteiger partial charge in [0.05, 0.1) is 0 Å². The van der Waals surface area contributed by atoms with Gasteiger partial charge in [0.2, 0.25) is 5.82 Å². The molecule has 5 rings (SSSR count). The Balaban J connectivity index is 1.28. The smallest absolute Gasteiger partial charge is 0.289 e. The van der Waals surface area contributed by atoms with Crippen LogP contribution in [0.1, 0.15) is 72.0 Å². The van der Waals surface area contributed by atoms with Crippen LogP contribution in [0, 0.1) is 12.8 Å². The molecule has 3 aliphatic rings. The minimum absolute atomic E-state index is 0.0382. The summed E-state index contributed by atoms with van der Waals surface area (Å²) in [5, 5.41) is 12.0. The van der Waals surface area contributed by atoms with E-state index in [1.807, 2.05) is 0 Å². The van der Waals surface area contributed by atoms with Gasteiger partial charge in [0.1, 0.15) is 5.82 Å². The minimum Gasteiger partial charge on any atom is -0.347 e. The maximum absolute atomic E-state index is 12.8. The lowest BCUT2D eigenvalue weighted by molar-refractivity contribution is 0.0910. The fourth-order valence-electron chi connectivity index (χ4n) is 5.51. The molecule has 0 radical (unpaired) electrons. The van der Waals surface area contributed by atoms with Gasteiger partial charge in [0.25, 0.3) is 5.91 Å². The van der Waals surface area contributed by atoms with E-state index >= 15 is 0 Å². The summed E-state index contributed by atoms with van der Waals surface area (Å²) in [6.07, 6.45) is 6.99. The van der Waals surface area contributed by atoms with Crippen molar-refractivity contribution < 1.29 is 4.79 Å². The van der Waals surface area contributed by atoms with Gasteiger partial charge in [-0.1, -0.05) is 49.1 Å². The van der Waals surface area contributed by atoms with E-state index in [-0.39, 0.29) is 5.91 Å². The van der Waals surface area contributed by atoms with Crippen LogP contribution in [-0.2, 0) is 13.1 Å². The Bertz CT molecular complexity index is 885. The van der Waals surface area contributed by atoms with Gasteiger partial charge in [-0.2, -0.15) is 0 Å². The first-order valence-corrected chi connectivity index (χ1v) is 11.2. The summed E-state index contributed by atoms with van der Waals surface area (Å²) in [7, 11) is 0. The molecule has 154 valence electrons. The number of carbonyl (C=O) groups excluding carboxylic acids is 1. The van der Waals surface area contributed by atoms with Crippen molar-refractivity contribution in [1.82, 2.24) is 25.0 Å². The third-order valence-corrected chi connectivity index (χ3v) is 6.98. The number of aromatic nitrogens is 3. The van der Waals surface area contributed by atoms with Crippen LogP contribution in [0.2, 0.25) is 0 Å². The summed E-state index contributed by atoms with van der Waals surface area (Å²) in [6, 6.07) is 9.08. The number of carbonyl (C=O) groups is 1. The number of likely N-dealkylation sites (tertiary alicyclic amines) is 1. The average Bonchev–Trinajstić information content (AvgIpc) is 3.32. The Labute approximate surface area is 172 Å². The van der Waals surface area contributed by atoms with E-state index < -0.39 is 0 Å². The molecule has 3 heterocycles. The summed E-state index contributed by atoms with van der Waals surface area (Å²) in [4.78, 5) is 15.4. The molecule has 2 atom stereocenters. The van der Waals surface area contributed by atoms with Gasteiger partial charge >= 0.3 is 0 Å². The summed E-state index contributed by atoms with van der Waals surface area (Å²) in [5.41, 5.74) is 2.69. The van der Waals surface area contributed by atoms with Gasteiger partial charge in [0, 0.05) is 38.1 Å². The Morgan fingerprint density at radius 1 is 1.14 bits per heavy atom. The predicted octanol–water partition coefficient (Wildman–Crippen LogP) is 3.27. The third kappa shape index (κ3) is 3.82. The lowest BCUT2D eigenvalue weighted by Crippen LogP contribution is -2.38. The molecule has 29 heavy (non-hydrogen) atoms. The van der Waals surface area contributed by atoms with Gasteiger partial charge in [-0.05, 0) is 37.7 Å². The SMILES string of the molecule is Cc1cccc(CN2CC3CCn4c(C(=O)NC5CCCCC5)nnc4C3C2)c1. The normalized spacial score (nSPS) is 24.9. The van der Waals surface area contributed by atoms with Crippen LogP contribution in [0.25, 0.3) is 0 Å². The number of fused-ring (bicyclic) bond motifs is 3. The fraction of sp³-hybridized carbons (Fsp3) is 0.609. The molecule has 1 saturated heterocycles. The number of nitrogens with zero attached hydrogens (tertiary/aromatic N) is 4. The van der Waals surface area contributed by atoms with Crippen molar-refractivity contribution in [2.24, 2.45) is 5.92 Å². The van der Waals surface area contributed by atoms with Crippen LogP contribution >= 0.6 is 0 Å². The highest BCUT2D eigenvalue weighted by molar-refractivity contribution is 5.91. The number of aryl methyl sites for hydroxylation is 1. The highest BCUT2D eigenvalue weighted by Gasteiger charge is 2.40. The zero-order valence-electron chi connectivity index (χ0n) is 17.3. The number of benzene rings is 1. The van der Waals surface area contributed by atoms with E-state index in [4.69, 9.17) is 0 Å². The first-order valence-electron chi connectivity index (χ1n) is 11.2. The lowest BCUT2D eigenvalue weighted by Gasteiger charge is -2.26. The van der Waals surface area contributed by atoms with Gasteiger partial charge in [-0.25, -0.2) is 0 Å². The van der Waals surface area contributed by atoms with Crippen LogP contribution in [0.15, 0.2) is 24.3 Å². The van der Waals surface area contributed by atoms with E-state index in [2.05, 4.69) is 56.2 Å². The molecule has 2 unspecified atom stereocenters. The van der Waals surface area contributed by atoms with Crippen molar-refractivity contribution in [2.75, 3.05) is 13.1 Å². The molecular formula is C23H31N5O. The fourth-order valence-corrected chi connectivity index (χ4v) is 5.51. The van der Waals surface area contributed by atoms with Gasteiger partial charge < -0.3 is 9.88 Å². The van der Waals surface area contributed by atoms with Crippen LogP contribution in [-0.4, -0.2) is 44.7 Å². The van der Waals surface area contributed by atoms with Gasteiger partial charge in [0.15, 0.2) is 0 Å². The maximum atomic E-state index is 12.8. The zero-order valence-corrected chi connectivity index (χ0v) is 17.3. The Hall–Kier alpha value is -2.21. The Morgan fingerprint density at radius 3 is 2.83 bits per heavy atom. The van der Waals surface area contributed by atoms with E-state index in [1.54, 1.807) is 0 Å². The van der Waals surface area contributed by atoms with E-state index in [0.717, 1.165) is 51.3 Å². The quantitative estimate of drug-likeness (QED) is 0.866. The number of nitrogens with one attached hydrogen (secondary N) is 1. The summed E-state index contributed by atoms with van der Waals surface area (Å²) < 4.78 is 2.09. The summed E-state index contributed by atoms with van der Waals surface area (Å²) in [6.45, 7) is 6.10. The highest BCUT2D eigenvalue weighted by atomic mass is 16.2. The monoisotopic (exact) mass is 393 g/mol. The summed E-state index contributed by atoms with van der Waals surface area (Å²) >= 11 is 0. The van der Waals surface area contributed by atoms with Crippen LogP contribution < -0.4 is 5.32 Å². The average molecular weight is 394 g/mol. The number of amides is 1. The molecule has 0 bridgehead atoms. The molecule has 2 fully saturated rings. The molecule has 1 aliphatic carbocycles. The number of rotatable bonds is 4. The maximum Gasteiger partial charge on any atom is 0.289 e. The van der Waals surface area contributed by atoms with Crippen molar-refractivity contribution in [3.63, 3.8) is 0 Å². The van der Waals surface area contributed by atoms with Gasteiger partial charge in [-0.3, -0.25) is 9.69 Å². The molecular weight excluding hydrogens is 362 g/mol. The van der Waals surface area contributed by atoms with Gasteiger partial charge in [-0.15, -0.1) is 10.2 Å². The first kappa shape index (κ1) is 18.8. The van der Waals surface area contributed by atoms with Crippen molar-refractivity contribution >= 4 is 5.91 Å².